The van der Waals surface area contributed by atoms with Gasteiger partial charge in [-0.05, 0) is 24.5 Å². The van der Waals surface area contributed by atoms with Gasteiger partial charge in [0.2, 0.25) is 17.7 Å². The van der Waals surface area contributed by atoms with Gasteiger partial charge in [-0.3, -0.25) is 5.32 Å². The number of ether oxygens (including phenoxy) is 2. The molecule has 1 aromatic heterocycles. The van der Waals surface area contributed by atoms with Crippen LogP contribution in [0.5, 0.6) is 11.8 Å². The molecule has 0 spiro atoms. The number of hydrogen-bond donors (Lipinski definition) is 3. The van der Waals surface area contributed by atoms with Gasteiger partial charge >= 0.3 is 12.0 Å². The molecule has 0 aliphatic rings. The van der Waals surface area contributed by atoms with Gasteiger partial charge in [0.1, 0.15) is 4.90 Å². The highest BCUT2D eigenvalue weighted by Gasteiger charge is 2.25. The van der Waals surface area contributed by atoms with E-state index in [4.69, 9.17) is 9.47 Å². The molecule has 2 amide bonds. The molecule has 0 radical (unpaired) electrons. The zero-order valence-corrected chi connectivity index (χ0v) is 16.6. The van der Waals surface area contributed by atoms with E-state index >= 15 is 0 Å². The maximum absolute atomic E-state index is 12.5. The second-order valence-electron chi connectivity index (χ2n) is 5.00. The maximum Gasteiger partial charge on any atom is 0.337 e. The molecule has 1 aromatic carbocycles. The van der Waals surface area contributed by atoms with Crippen LogP contribution in [0.15, 0.2) is 34.1 Å². The lowest BCUT2D eigenvalue weighted by atomic mass is 10.2. The minimum Gasteiger partial charge on any atom is -0.481 e. The number of carboxylic acid groups (broad SMARTS) is 1. The van der Waals surface area contributed by atoms with Crippen molar-refractivity contribution in [1.29, 1.82) is 0 Å². The third-order valence-electron chi connectivity index (χ3n) is 3.26. The van der Waals surface area contributed by atoms with Crippen LogP contribution < -0.4 is 19.5 Å². The van der Waals surface area contributed by atoms with Gasteiger partial charge in [0.15, 0.2) is 0 Å². The van der Waals surface area contributed by atoms with Crippen LogP contribution in [-0.4, -0.2) is 56.0 Å². The highest BCUT2D eigenvalue weighted by Crippen LogP contribution is 2.23. The van der Waals surface area contributed by atoms with Crippen LogP contribution >= 0.6 is 11.8 Å². The molecule has 0 aliphatic carbocycles. The first kappa shape index (κ1) is 21.2. The Bertz CT molecular complexity index is 989. The van der Waals surface area contributed by atoms with Gasteiger partial charge in [0.05, 0.1) is 25.8 Å². The first-order chi connectivity index (χ1) is 13.2. The third-order valence-corrected chi connectivity index (χ3v) is 5.35. The number of nitrogens with zero attached hydrogens (tertiary/aromatic N) is 2. The van der Waals surface area contributed by atoms with Crippen LogP contribution in [-0.2, 0) is 10.0 Å². The predicted molar refractivity (Wildman–Crippen MR) is 99.7 cm³/mol. The highest BCUT2D eigenvalue weighted by atomic mass is 32.2. The van der Waals surface area contributed by atoms with E-state index in [9.17, 15) is 23.1 Å². The molecule has 2 aromatic rings. The third kappa shape index (κ3) is 5.01. The summed E-state index contributed by atoms with van der Waals surface area (Å²) in [5, 5.41) is 11.4. The van der Waals surface area contributed by atoms with Crippen LogP contribution in [0.4, 0.5) is 10.7 Å². The fourth-order valence-electron chi connectivity index (χ4n) is 2.00. The molecule has 28 heavy (non-hydrogen) atoms. The summed E-state index contributed by atoms with van der Waals surface area (Å²) >= 11 is 1.22. The van der Waals surface area contributed by atoms with E-state index in [2.05, 4.69) is 15.3 Å². The van der Waals surface area contributed by atoms with Crippen molar-refractivity contribution in [3.05, 3.63) is 29.8 Å². The largest absolute Gasteiger partial charge is 0.481 e. The number of hydrogen-bond acceptors (Lipinski definition) is 9. The second-order valence-corrected chi connectivity index (χ2v) is 7.53. The van der Waals surface area contributed by atoms with E-state index in [0.29, 0.717) is 4.90 Å². The Morgan fingerprint density at radius 1 is 1.11 bits per heavy atom. The van der Waals surface area contributed by atoms with Crippen LogP contribution in [0.1, 0.15) is 10.4 Å². The van der Waals surface area contributed by atoms with Crippen LogP contribution in [0.3, 0.4) is 0 Å². The van der Waals surface area contributed by atoms with Crippen LogP contribution in [0.25, 0.3) is 0 Å². The summed E-state index contributed by atoms with van der Waals surface area (Å²) in [6.07, 6.45) is 1.69. The van der Waals surface area contributed by atoms with Crippen molar-refractivity contribution in [2.24, 2.45) is 0 Å². The Morgan fingerprint density at radius 3 is 2.21 bits per heavy atom. The van der Waals surface area contributed by atoms with Crippen molar-refractivity contribution in [3.63, 3.8) is 0 Å². The van der Waals surface area contributed by atoms with Gasteiger partial charge in [-0.25, -0.2) is 22.7 Å². The number of aromatic nitrogens is 2. The number of nitrogens with one attached hydrogen (secondary N) is 2. The summed E-state index contributed by atoms with van der Waals surface area (Å²) in [7, 11) is -1.82. The van der Waals surface area contributed by atoms with E-state index in [0.717, 1.165) is 12.1 Å². The molecule has 1 heterocycles. The van der Waals surface area contributed by atoms with E-state index < -0.39 is 32.5 Å². The molecule has 13 heteroatoms. The standard InChI is InChI=1S/C15H16N4O7S2/c1-25-11-7-12(26-2)17-14(16-11)18-15(22)19-28(23,24)10-6-8(27-3)4-5-9(10)13(20)21/h4-7H,1-3H3,(H,20,21)(H2,16,17,18,19,22). The molecule has 11 nitrogen and oxygen atoms in total. The van der Waals surface area contributed by atoms with Gasteiger partial charge in [-0.2, -0.15) is 9.97 Å². The number of sulfonamides is 1. The fourth-order valence-corrected chi connectivity index (χ4v) is 3.65. The topological polar surface area (TPSA) is 157 Å². The summed E-state index contributed by atoms with van der Waals surface area (Å²) in [6, 6.07) is 3.93. The summed E-state index contributed by atoms with van der Waals surface area (Å²) < 4.78 is 36.7. The number of thioether (sulfide) groups is 1. The Morgan fingerprint density at radius 2 is 1.71 bits per heavy atom. The number of carbonyl (C=O) groups is 2. The Hall–Kier alpha value is -3.06. The summed E-state index contributed by atoms with van der Waals surface area (Å²) in [5.41, 5.74) is -0.475. The first-order valence-corrected chi connectivity index (χ1v) is 10.1. The van der Waals surface area contributed by atoms with Gasteiger partial charge in [-0.15, -0.1) is 11.8 Å². The number of carbonyl (C=O) groups excluding carboxylic acids is 1. The Labute approximate surface area is 164 Å². The number of rotatable bonds is 7. The number of methoxy groups -OCH3 is 2. The van der Waals surface area contributed by atoms with Crippen molar-refractivity contribution in [3.8, 4) is 11.8 Å². The molecule has 0 saturated carbocycles. The average molecular weight is 428 g/mol. The monoisotopic (exact) mass is 428 g/mol. The molecule has 0 bridgehead atoms. The number of carboxylic acids is 1. The molecule has 150 valence electrons. The molecule has 2 rings (SSSR count). The Balaban J connectivity index is 2.30. The van der Waals surface area contributed by atoms with Gasteiger partial charge in [0.25, 0.3) is 10.0 Å². The molecule has 3 N–H and O–H groups in total. The average Bonchev–Trinajstić information content (AvgIpc) is 2.66. The second kappa shape index (κ2) is 8.75. The SMILES string of the molecule is COc1cc(OC)nc(NC(=O)NS(=O)(=O)c2cc(SC)ccc2C(=O)O)n1. The fraction of sp³-hybridized carbons (Fsp3) is 0.200. The summed E-state index contributed by atoms with van der Waals surface area (Å²) in [4.78, 5) is 31.1. The zero-order chi connectivity index (χ0) is 20.9. The molecule has 0 aliphatic heterocycles. The van der Waals surface area contributed by atoms with Gasteiger partial charge < -0.3 is 14.6 Å². The van der Waals surface area contributed by atoms with Crippen molar-refractivity contribution in [2.45, 2.75) is 9.79 Å². The van der Waals surface area contributed by atoms with Gasteiger partial charge in [0, 0.05) is 4.90 Å². The lowest BCUT2D eigenvalue weighted by Gasteiger charge is -2.11. The van der Waals surface area contributed by atoms with Crippen molar-refractivity contribution in [1.82, 2.24) is 14.7 Å². The predicted octanol–water partition coefficient (Wildman–Crippen LogP) is 1.42. The number of anilines is 1. The van der Waals surface area contributed by atoms with Crippen molar-refractivity contribution < 1.29 is 32.6 Å². The van der Waals surface area contributed by atoms with Crippen LogP contribution in [0.2, 0.25) is 0 Å². The smallest absolute Gasteiger partial charge is 0.337 e. The quantitative estimate of drug-likeness (QED) is 0.551. The minimum absolute atomic E-state index is 0.0749. The molecule has 0 unspecified atom stereocenters. The molecule has 0 atom stereocenters. The number of benzene rings is 1. The number of aromatic carboxylic acids is 1. The van der Waals surface area contributed by atoms with Gasteiger partial charge in [-0.1, -0.05) is 0 Å². The first-order valence-electron chi connectivity index (χ1n) is 7.42. The Kier molecular flexibility index (Phi) is 6.64. The molecular formula is C15H16N4O7S2. The van der Waals surface area contributed by atoms with E-state index in [1.165, 1.54) is 38.1 Å². The molecule has 0 saturated heterocycles. The summed E-state index contributed by atoms with van der Waals surface area (Å²) in [6.45, 7) is 0. The van der Waals surface area contributed by atoms with E-state index in [-0.39, 0.29) is 17.7 Å². The lowest BCUT2D eigenvalue weighted by molar-refractivity contribution is 0.0692. The maximum atomic E-state index is 12.5. The van der Waals surface area contributed by atoms with Crippen molar-refractivity contribution in [2.75, 3.05) is 25.8 Å². The van der Waals surface area contributed by atoms with E-state index in [1.54, 1.807) is 11.0 Å². The normalized spacial score (nSPS) is 10.8. The van der Waals surface area contributed by atoms with E-state index in [1.807, 2.05) is 0 Å². The zero-order valence-electron chi connectivity index (χ0n) is 14.9. The molecule has 0 fully saturated rings. The number of urea groups is 1. The minimum atomic E-state index is -4.49. The van der Waals surface area contributed by atoms with Crippen LogP contribution in [0, 0.1) is 0 Å². The number of amides is 2. The van der Waals surface area contributed by atoms with Crippen molar-refractivity contribution >= 4 is 39.7 Å². The summed E-state index contributed by atoms with van der Waals surface area (Å²) in [5.74, 6) is -1.58. The lowest BCUT2D eigenvalue weighted by Crippen LogP contribution is -2.35. The molecular weight excluding hydrogens is 412 g/mol. The highest BCUT2D eigenvalue weighted by molar-refractivity contribution is 7.98.